The molecule has 0 unspecified atom stereocenters. The van der Waals surface area contributed by atoms with E-state index in [9.17, 15) is 14.4 Å². The van der Waals surface area contributed by atoms with Crippen molar-refractivity contribution in [2.24, 2.45) is 5.92 Å². The molecule has 0 spiro atoms. The maximum atomic E-state index is 13.7. The monoisotopic (exact) mass is 575 g/mol. The lowest BCUT2D eigenvalue weighted by atomic mass is 10.0. The van der Waals surface area contributed by atoms with Crippen molar-refractivity contribution < 1.29 is 14.4 Å². The van der Waals surface area contributed by atoms with Crippen LogP contribution in [0.5, 0.6) is 0 Å². The third-order valence-corrected chi connectivity index (χ3v) is 7.26. The number of benzene rings is 1. The Morgan fingerprint density at radius 1 is 1.02 bits per heavy atom. The number of nitrogens with two attached hydrogens (primary N) is 1. The Kier molecular flexibility index (Phi) is 9.87. The van der Waals surface area contributed by atoms with Gasteiger partial charge in [0.1, 0.15) is 23.4 Å². The molecule has 224 valence electrons. The van der Waals surface area contributed by atoms with Crippen LogP contribution in [0.1, 0.15) is 85.9 Å². The average Bonchev–Trinajstić information content (AvgIpc) is 3.31. The van der Waals surface area contributed by atoms with Crippen LogP contribution in [0.4, 0.5) is 5.95 Å². The van der Waals surface area contributed by atoms with Gasteiger partial charge in [0.05, 0.1) is 12.6 Å². The van der Waals surface area contributed by atoms with Crippen molar-refractivity contribution in [1.82, 2.24) is 40.3 Å². The Balaban J connectivity index is 1.67. The van der Waals surface area contributed by atoms with E-state index in [2.05, 4.69) is 30.7 Å². The maximum absolute atomic E-state index is 13.7. The number of aryl methyl sites for hydroxylation is 1. The smallest absolute Gasteiger partial charge is 0.272 e. The summed E-state index contributed by atoms with van der Waals surface area (Å²) in [5.74, 6) is 0.404. The summed E-state index contributed by atoms with van der Waals surface area (Å²) in [7, 11) is 0. The van der Waals surface area contributed by atoms with E-state index in [1.54, 1.807) is 22.6 Å². The van der Waals surface area contributed by atoms with Gasteiger partial charge in [0.15, 0.2) is 0 Å². The SMILES string of the molecule is Cc1nc2n(n1)CCN(C(=O)c1cc(C(C)C)nc(N)n1)CCCC(=O)N[C@@H](Cc1ccccc1)C(=O)N[C@@H]2C(C)C. The molecule has 0 radical (unpaired) electrons. The van der Waals surface area contributed by atoms with Crippen molar-refractivity contribution in [3.8, 4) is 0 Å². The number of nitrogens with zero attached hydrogens (tertiary/aromatic N) is 6. The number of aromatic nitrogens is 5. The van der Waals surface area contributed by atoms with Gasteiger partial charge in [-0.3, -0.25) is 14.4 Å². The number of hydrogen-bond acceptors (Lipinski definition) is 8. The molecular weight excluding hydrogens is 534 g/mol. The number of carbonyl (C=O) groups is 3. The van der Waals surface area contributed by atoms with E-state index in [1.165, 1.54) is 0 Å². The fourth-order valence-corrected chi connectivity index (χ4v) is 4.99. The first-order chi connectivity index (χ1) is 20.0. The number of nitrogens with one attached hydrogen (secondary N) is 2. The van der Waals surface area contributed by atoms with Gasteiger partial charge >= 0.3 is 0 Å². The molecule has 3 heterocycles. The van der Waals surface area contributed by atoms with Crippen molar-refractivity contribution >= 4 is 23.7 Å². The Morgan fingerprint density at radius 3 is 2.45 bits per heavy atom. The van der Waals surface area contributed by atoms with E-state index in [-0.39, 0.29) is 47.6 Å². The van der Waals surface area contributed by atoms with Crippen LogP contribution >= 0.6 is 0 Å². The second-order valence-corrected chi connectivity index (χ2v) is 11.4. The average molecular weight is 576 g/mol. The van der Waals surface area contributed by atoms with Crippen LogP contribution in [-0.4, -0.2) is 66.5 Å². The summed E-state index contributed by atoms with van der Waals surface area (Å²) in [6.07, 6.45) is 0.881. The zero-order chi connectivity index (χ0) is 30.4. The summed E-state index contributed by atoms with van der Waals surface area (Å²) in [6, 6.07) is 10.0. The topological polar surface area (TPSA) is 161 Å². The minimum absolute atomic E-state index is 0.0199. The molecule has 0 fully saturated rings. The number of rotatable bonds is 5. The molecule has 12 heteroatoms. The Labute approximate surface area is 246 Å². The summed E-state index contributed by atoms with van der Waals surface area (Å²) in [4.78, 5) is 55.2. The normalized spacial score (nSPS) is 18.8. The first-order valence-electron chi connectivity index (χ1n) is 14.5. The van der Waals surface area contributed by atoms with Crippen molar-refractivity contribution in [1.29, 1.82) is 0 Å². The van der Waals surface area contributed by atoms with Crippen LogP contribution in [0, 0.1) is 12.8 Å². The summed E-state index contributed by atoms with van der Waals surface area (Å²) in [5.41, 5.74) is 7.76. The van der Waals surface area contributed by atoms with Crippen LogP contribution in [0.25, 0.3) is 0 Å². The molecule has 4 N–H and O–H groups in total. The molecule has 1 aliphatic rings. The zero-order valence-corrected chi connectivity index (χ0v) is 25.0. The molecule has 0 saturated heterocycles. The van der Waals surface area contributed by atoms with Gasteiger partial charge in [-0.15, -0.1) is 0 Å². The first-order valence-corrected chi connectivity index (χ1v) is 14.5. The summed E-state index contributed by atoms with van der Waals surface area (Å²) < 4.78 is 1.75. The van der Waals surface area contributed by atoms with Crippen LogP contribution in [-0.2, 0) is 22.6 Å². The van der Waals surface area contributed by atoms with Crippen molar-refractivity contribution in [2.45, 2.75) is 78.4 Å². The predicted octanol–water partition coefficient (Wildman–Crippen LogP) is 2.56. The predicted molar refractivity (Wildman–Crippen MR) is 158 cm³/mol. The molecule has 2 aromatic heterocycles. The van der Waals surface area contributed by atoms with Gasteiger partial charge in [0.2, 0.25) is 17.8 Å². The minimum Gasteiger partial charge on any atom is -0.368 e. The molecule has 1 aliphatic heterocycles. The lowest BCUT2D eigenvalue weighted by molar-refractivity contribution is -0.129. The fraction of sp³-hybridized carbons (Fsp3) is 0.500. The second-order valence-electron chi connectivity index (χ2n) is 11.4. The lowest BCUT2D eigenvalue weighted by Gasteiger charge is -2.28. The molecular formula is C30H41N9O3. The van der Waals surface area contributed by atoms with Crippen molar-refractivity contribution in [2.75, 3.05) is 18.8 Å². The Hall–Kier alpha value is -4.35. The molecule has 1 aromatic carbocycles. The second kappa shape index (κ2) is 13.5. The zero-order valence-electron chi connectivity index (χ0n) is 25.0. The third kappa shape index (κ3) is 7.68. The molecule has 4 rings (SSSR count). The van der Waals surface area contributed by atoms with E-state index in [1.807, 2.05) is 58.0 Å². The number of amides is 3. The molecule has 0 aliphatic carbocycles. The largest absolute Gasteiger partial charge is 0.368 e. The number of anilines is 1. The molecule has 12 nitrogen and oxygen atoms in total. The van der Waals surface area contributed by atoms with Gasteiger partial charge in [-0.25, -0.2) is 19.6 Å². The Morgan fingerprint density at radius 2 is 1.76 bits per heavy atom. The maximum Gasteiger partial charge on any atom is 0.272 e. The highest BCUT2D eigenvalue weighted by Gasteiger charge is 2.30. The van der Waals surface area contributed by atoms with Gasteiger partial charge in [0.25, 0.3) is 5.91 Å². The Bertz CT molecular complexity index is 1400. The van der Waals surface area contributed by atoms with E-state index >= 15 is 0 Å². The first kappa shape index (κ1) is 30.6. The third-order valence-electron chi connectivity index (χ3n) is 7.26. The molecule has 42 heavy (non-hydrogen) atoms. The number of hydrogen-bond donors (Lipinski definition) is 3. The number of carbonyl (C=O) groups excluding carboxylic acids is 3. The van der Waals surface area contributed by atoms with Crippen molar-refractivity contribution in [3.05, 3.63) is 65.0 Å². The fourth-order valence-electron chi connectivity index (χ4n) is 4.99. The highest BCUT2D eigenvalue weighted by molar-refractivity contribution is 5.93. The van der Waals surface area contributed by atoms with Crippen LogP contribution < -0.4 is 16.4 Å². The minimum atomic E-state index is -0.780. The van der Waals surface area contributed by atoms with Crippen LogP contribution in [0.15, 0.2) is 36.4 Å². The van der Waals surface area contributed by atoms with E-state index < -0.39 is 12.1 Å². The quantitative estimate of drug-likeness (QED) is 0.418. The molecule has 3 amide bonds. The van der Waals surface area contributed by atoms with Gasteiger partial charge in [0, 0.05) is 31.6 Å². The standard InChI is InChI=1S/C30H41N9O3/c1-18(2)22-17-24(35-30(31)34-22)29(42)38-13-9-12-25(40)33-23(16-21-10-7-6-8-11-21)28(41)36-26(19(3)4)27-32-20(5)37-39(27)15-14-38/h6-8,10-11,17-19,23,26H,9,12-16H2,1-5H3,(H,33,40)(H,36,41)(H2,31,34,35)/t23-,26+/m0/s1. The molecule has 0 saturated carbocycles. The molecule has 3 aromatic rings. The summed E-state index contributed by atoms with van der Waals surface area (Å²) in [5, 5.41) is 10.6. The van der Waals surface area contributed by atoms with E-state index in [0.717, 1.165) is 5.56 Å². The highest BCUT2D eigenvalue weighted by atomic mass is 16.2. The number of nitrogen functional groups attached to an aromatic ring is 1. The summed E-state index contributed by atoms with van der Waals surface area (Å²) in [6.45, 7) is 10.7. The lowest BCUT2D eigenvalue weighted by Crippen LogP contribution is -2.50. The van der Waals surface area contributed by atoms with Gasteiger partial charge < -0.3 is 21.3 Å². The number of fused-ring (bicyclic) bond motifs is 1. The van der Waals surface area contributed by atoms with Crippen LogP contribution in [0.3, 0.4) is 0 Å². The van der Waals surface area contributed by atoms with Gasteiger partial charge in [-0.1, -0.05) is 58.0 Å². The molecule has 0 bridgehead atoms. The van der Waals surface area contributed by atoms with Crippen LogP contribution in [0.2, 0.25) is 0 Å². The van der Waals surface area contributed by atoms with Crippen molar-refractivity contribution in [3.63, 3.8) is 0 Å². The summed E-state index contributed by atoms with van der Waals surface area (Å²) >= 11 is 0. The highest BCUT2D eigenvalue weighted by Crippen LogP contribution is 2.22. The van der Waals surface area contributed by atoms with Gasteiger partial charge in [-0.2, -0.15) is 5.10 Å². The molecule has 2 atom stereocenters. The van der Waals surface area contributed by atoms with E-state index in [0.29, 0.717) is 49.8 Å². The van der Waals surface area contributed by atoms with E-state index in [4.69, 9.17) is 5.73 Å². The van der Waals surface area contributed by atoms with Gasteiger partial charge in [-0.05, 0) is 36.8 Å².